The Kier molecular flexibility index (Phi) is 7.37. The van der Waals surface area contributed by atoms with E-state index in [2.05, 4.69) is 87.8 Å². The second-order valence-corrected chi connectivity index (χ2v) is 9.81. The summed E-state index contributed by atoms with van der Waals surface area (Å²) < 4.78 is 8.38. The number of hydrogen-bond acceptors (Lipinski definition) is 7. The van der Waals surface area contributed by atoms with Gasteiger partial charge in [-0.3, -0.25) is 4.98 Å². The van der Waals surface area contributed by atoms with Gasteiger partial charge in [0.15, 0.2) is 0 Å². The Balaban J connectivity index is 1.34. The number of rotatable bonds is 12. The average molecular weight is 498 g/mol. The Hall–Kier alpha value is -3.91. The van der Waals surface area contributed by atoms with Crippen molar-refractivity contribution in [2.45, 2.75) is 25.5 Å². The van der Waals surface area contributed by atoms with Gasteiger partial charge in [-0.05, 0) is 62.8 Å². The lowest BCUT2D eigenvalue weighted by Crippen LogP contribution is -2.29. The van der Waals surface area contributed by atoms with Crippen molar-refractivity contribution in [3.05, 3.63) is 73.2 Å². The van der Waals surface area contributed by atoms with Gasteiger partial charge in [0.05, 0.1) is 28.1 Å². The molecule has 1 fully saturated rings. The van der Waals surface area contributed by atoms with Gasteiger partial charge < -0.3 is 24.4 Å². The van der Waals surface area contributed by atoms with Crippen molar-refractivity contribution in [1.29, 1.82) is 0 Å². The molecule has 192 valence electrons. The summed E-state index contributed by atoms with van der Waals surface area (Å²) in [7, 11) is 6.29. The van der Waals surface area contributed by atoms with Gasteiger partial charge >= 0.3 is 6.01 Å². The number of nitrogens with one attached hydrogen (secondary N) is 1. The van der Waals surface area contributed by atoms with E-state index < -0.39 is 0 Å². The summed E-state index contributed by atoms with van der Waals surface area (Å²) in [6.07, 6.45) is 10.0. The second kappa shape index (κ2) is 11.0. The first-order chi connectivity index (χ1) is 18.0. The number of fused-ring (bicyclic) bond motifs is 1. The highest BCUT2D eigenvalue weighted by Crippen LogP contribution is 2.40. The highest BCUT2D eigenvalue weighted by Gasteiger charge is 2.26. The molecule has 3 aromatic heterocycles. The van der Waals surface area contributed by atoms with E-state index in [0.29, 0.717) is 25.2 Å². The molecule has 1 saturated carbocycles. The highest BCUT2D eigenvalue weighted by atomic mass is 16.5. The number of pyridine rings is 1. The molecule has 0 radical (unpaired) electrons. The Labute approximate surface area is 218 Å². The van der Waals surface area contributed by atoms with Crippen LogP contribution in [0.15, 0.2) is 67.6 Å². The Morgan fingerprint density at radius 2 is 1.97 bits per heavy atom. The molecule has 8 heteroatoms. The largest absolute Gasteiger partial charge is 0.459 e. The minimum absolute atomic E-state index is 0.355. The molecule has 0 unspecified atom stereocenters. The van der Waals surface area contributed by atoms with Crippen LogP contribution in [0.2, 0.25) is 0 Å². The molecule has 1 N–H and O–H groups in total. The molecule has 0 aliphatic heterocycles. The number of nitrogens with zero attached hydrogens (tertiary/aromatic N) is 6. The number of anilines is 2. The molecule has 1 aromatic carbocycles. The maximum Gasteiger partial charge on any atom is 0.317 e. The number of likely N-dealkylation sites (N-methyl/N-ethyl adjacent to an activating group) is 2. The predicted octanol–water partition coefficient (Wildman–Crippen LogP) is 5.00. The minimum Gasteiger partial charge on any atom is -0.459 e. The van der Waals surface area contributed by atoms with Crippen LogP contribution in [-0.2, 0) is 6.61 Å². The number of hydrogen-bond donors (Lipinski definition) is 1. The molecular formula is C29H35N7O. The van der Waals surface area contributed by atoms with Crippen molar-refractivity contribution >= 4 is 22.4 Å². The topological polar surface area (TPSA) is 71.3 Å². The van der Waals surface area contributed by atoms with Crippen molar-refractivity contribution < 1.29 is 4.74 Å². The maximum atomic E-state index is 6.05. The first-order valence-corrected chi connectivity index (χ1v) is 12.8. The SMILES string of the molecule is C=CCNc1cc(COc2nccc(-c3cn(C4CC4)c4cccnc34)n2)ccc1N(C)CCN(C)C. The van der Waals surface area contributed by atoms with Crippen molar-refractivity contribution in [2.24, 2.45) is 0 Å². The van der Waals surface area contributed by atoms with Gasteiger partial charge in [-0.15, -0.1) is 6.58 Å². The third-order valence-corrected chi connectivity index (χ3v) is 6.60. The van der Waals surface area contributed by atoms with E-state index in [9.17, 15) is 0 Å². The fraction of sp³-hybridized carbons (Fsp3) is 0.345. The zero-order chi connectivity index (χ0) is 25.8. The Bertz CT molecular complexity index is 1380. The average Bonchev–Trinajstić information content (AvgIpc) is 3.69. The van der Waals surface area contributed by atoms with Crippen LogP contribution in [0.3, 0.4) is 0 Å². The van der Waals surface area contributed by atoms with Gasteiger partial charge in [-0.25, -0.2) is 4.98 Å². The number of aromatic nitrogens is 4. The molecule has 3 heterocycles. The minimum atomic E-state index is 0.355. The van der Waals surface area contributed by atoms with E-state index in [1.807, 2.05) is 24.4 Å². The van der Waals surface area contributed by atoms with Crippen molar-refractivity contribution in [3.8, 4) is 17.3 Å². The van der Waals surface area contributed by atoms with Crippen LogP contribution in [-0.4, -0.2) is 65.2 Å². The van der Waals surface area contributed by atoms with Crippen LogP contribution in [0.5, 0.6) is 6.01 Å². The fourth-order valence-electron chi connectivity index (χ4n) is 4.43. The summed E-state index contributed by atoms with van der Waals surface area (Å²) in [5, 5.41) is 3.46. The molecule has 0 atom stereocenters. The van der Waals surface area contributed by atoms with Crippen LogP contribution in [0.25, 0.3) is 22.3 Å². The van der Waals surface area contributed by atoms with E-state index in [4.69, 9.17) is 9.72 Å². The Morgan fingerprint density at radius 3 is 2.76 bits per heavy atom. The second-order valence-electron chi connectivity index (χ2n) is 9.81. The summed E-state index contributed by atoms with van der Waals surface area (Å²) in [6, 6.07) is 13.3. The van der Waals surface area contributed by atoms with Crippen LogP contribution >= 0.6 is 0 Å². The van der Waals surface area contributed by atoms with Crippen LogP contribution in [0.4, 0.5) is 11.4 Å². The summed E-state index contributed by atoms with van der Waals surface area (Å²) in [6.45, 7) is 6.81. The molecule has 1 aliphatic carbocycles. The van der Waals surface area contributed by atoms with Crippen molar-refractivity contribution in [2.75, 3.05) is 51.0 Å². The molecule has 4 aromatic rings. The quantitative estimate of drug-likeness (QED) is 0.276. The third kappa shape index (κ3) is 5.75. The third-order valence-electron chi connectivity index (χ3n) is 6.60. The molecule has 1 aliphatic rings. The summed E-state index contributed by atoms with van der Waals surface area (Å²) in [5.41, 5.74) is 7.18. The first kappa shape index (κ1) is 24.8. The van der Waals surface area contributed by atoms with E-state index in [-0.39, 0.29) is 0 Å². The zero-order valence-electron chi connectivity index (χ0n) is 21.9. The van der Waals surface area contributed by atoms with Crippen LogP contribution < -0.4 is 15.0 Å². The van der Waals surface area contributed by atoms with E-state index in [1.165, 1.54) is 12.8 Å². The van der Waals surface area contributed by atoms with Gasteiger partial charge in [-0.1, -0.05) is 12.1 Å². The molecule has 0 bridgehead atoms. The number of ether oxygens (including phenoxy) is 1. The predicted molar refractivity (Wildman–Crippen MR) is 150 cm³/mol. The zero-order valence-corrected chi connectivity index (χ0v) is 21.9. The highest BCUT2D eigenvalue weighted by molar-refractivity contribution is 5.92. The summed E-state index contributed by atoms with van der Waals surface area (Å²) >= 11 is 0. The summed E-state index contributed by atoms with van der Waals surface area (Å²) in [4.78, 5) is 18.2. The molecule has 0 spiro atoms. The molecule has 8 nitrogen and oxygen atoms in total. The fourth-order valence-corrected chi connectivity index (χ4v) is 4.43. The lowest BCUT2D eigenvalue weighted by molar-refractivity contribution is 0.281. The van der Waals surface area contributed by atoms with E-state index in [1.54, 1.807) is 6.20 Å². The first-order valence-electron chi connectivity index (χ1n) is 12.8. The van der Waals surface area contributed by atoms with Gasteiger partial charge in [0, 0.05) is 56.9 Å². The monoisotopic (exact) mass is 497 g/mol. The number of benzene rings is 1. The van der Waals surface area contributed by atoms with Gasteiger partial charge in [-0.2, -0.15) is 4.98 Å². The van der Waals surface area contributed by atoms with Crippen LogP contribution in [0.1, 0.15) is 24.4 Å². The van der Waals surface area contributed by atoms with E-state index >= 15 is 0 Å². The van der Waals surface area contributed by atoms with Gasteiger partial charge in [0.25, 0.3) is 0 Å². The van der Waals surface area contributed by atoms with Gasteiger partial charge in [0.2, 0.25) is 0 Å². The smallest absolute Gasteiger partial charge is 0.317 e. The standard InChI is InChI=1S/C29H35N7O/c1-5-13-30-25-18-21(8-11-26(25)35(4)17-16-34(2)3)20-37-29-32-15-12-24(33-29)23-19-36(22-9-10-22)27-7-6-14-31-28(23)27/h5-8,11-12,14-15,18-19,22,30H,1,9-10,13,16-17,20H2,2-4H3. The lowest BCUT2D eigenvalue weighted by atomic mass is 10.1. The Morgan fingerprint density at radius 1 is 1.11 bits per heavy atom. The summed E-state index contributed by atoms with van der Waals surface area (Å²) in [5.74, 6) is 0. The lowest BCUT2D eigenvalue weighted by Gasteiger charge is -2.25. The van der Waals surface area contributed by atoms with Crippen LogP contribution in [0, 0.1) is 0 Å². The molecule has 37 heavy (non-hydrogen) atoms. The van der Waals surface area contributed by atoms with Crippen molar-refractivity contribution in [3.63, 3.8) is 0 Å². The molecule has 0 amide bonds. The molecule has 5 rings (SSSR count). The molecule has 0 saturated heterocycles. The normalized spacial score (nSPS) is 13.2. The molecular weight excluding hydrogens is 462 g/mol. The van der Waals surface area contributed by atoms with Gasteiger partial charge in [0.1, 0.15) is 6.61 Å². The van der Waals surface area contributed by atoms with E-state index in [0.717, 1.165) is 52.3 Å². The van der Waals surface area contributed by atoms with Crippen molar-refractivity contribution in [1.82, 2.24) is 24.4 Å². The maximum absolute atomic E-state index is 6.05.